The Bertz CT molecular complexity index is 647. The Balaban J connectivity index is 2.28. The van der Waals surface area contributed by atoms with E-state index in [2.05, 4.69) is 10.3 Å². The van der Waals surface area contributed by atoms with Gasteiger partial charge in [0.05, 0.1) is 11.6 Å². The SMILES string of the molecule is Cc1ccc(C(C)Nc2cc(C(=O)O)cc(C(C)C)n2)o1. The third-order valence-corrected chi connectivity index (χ3v) is 3.24. The average Bonchev–Trinajstić information content (AvgIpc) is 2.85. The molecule has 0 saturated carbocycles. The number of pyridine rings is 1. The normalized spacial score (nSPS) is 12.4. The summed E-state index contributed by atoms with van der Waals surface area (Å²) in [7, 11) is 0. The topological polar surface area (TPSA) is 75.4 Å². The molecule has 0 fully saturated rings. The average molecular weight is 288 g/mol. The second-order valence-electron chi connectivity index (χ2n) is 5.44. The molecule has 0 bridgehead atoms. The molecule has 0 saturated heterocycles. The second kappa shape index (κ2) is 5.99. The molecule has 0 amide bonds. The van der Waals surface area contributed by atoms with Gasteiger partial charge in [0.2, 0.25) is 0 Å². The van der Waals surface area contributed by atoms with E-state index in [0.29, 0.717) is 5.82 Å². The molecule has 0 aliphatic heterocycles. The van der Waals surface area contributed by atoms with Crippen LogP contribution >= 0.6 is 0 Å². The van der Waals surface area contributed by atoms with Crippen molar-refractivity contribution in [3.05, 3.63) is 47.0 Å². The lowest BCUT2D eigenvalue weighted by Crippen LogP contribution is -2.10. The molecule has 0 aliphatic carbocycles. The number of nitrogens with zero attached hydrogens (tertiary/aromatic N) is 1. The quantitative estimate of drug-likeness (QED) is 0.870. The van der Waals surface area contributed by atoms with E-state index in [1.165, 1.54) is 0 Å². The summed E-state index contributed by atoms with van der Waals surface area (Å²) >= 11 is 0. The molecule has 2 rings (SSSR count). The van der Waals surface area contributed by atoms with Crippen LogP contribution in [0.1, 0.15) is 60.3 Å². The summed E-state index contributed by atoms with van der Waals surface area (Å²) in [5, 5.41) is 12.4. The highest BCUT2D eigenvalue weighted by Crippen LogP contribution is 2.23. The van der Waals surface area contributed by atoms with Crippen molar-refractivity contribution >= 4 is 11.8 Å². The third-order valence-electron chi connectivity index (χ3n) is 3.24. The zero-order valence-corrected chi connectivity index (χ0v) is 12.7. The van der Waals surface area contributed by atoms with Gasteiger partial charge in [-0.3, -0.25) is 0 Å². The van der Waals surface area contributed by atoms with Gasteiger partial charge in [0.15, 0.2) is 0 Å². The van der Waals surface area contributed by atoms with Gasteiger partial charge in [-0.15, -0.1) is 0 Å². The van der Waals surface area contributed by atoms with Crippen LogP contribution in [0.3, 0.4) is 0 Å². The minimum Gasteiger partial charge on any atom is -0.478 e. The van der Waals surface area contributed by atoms with Gasteiger partial charge < -0.3 is 14.8 Å². The number of aryl methyl sites for hydroxylation is 1. The molecule has 0 spiro atoms. The van der Waals surface area contributed by atoms with Gasteiger partial charge >= 0.3 is 5.97 Å². The molecule has 2 N–H and O–H groups in total. The first-order valence-electron chi connectivity index (χ1n) is 6.95. The highest BCUT2D eigenvalue weighted by Gasteiger charge is 2.14. The van der Waals surface area contributed by atoms with Crippen molar-refractivity contribution in [3.8, 4) is 0 Å². The Morgan fingerprint density at radius 3 is 2.52 bits per heavy atom. The number of aromatic carboxylic acids is 1. The predicted octanol–water partition coefficient (Wildman–Crippen LogP) is 3.98. The monoisotopic (exact) mass is 288 g/mol. The molecule has 0 aromatic carbocycles. The van der Waals surface area contributed by atoms with Gasteiger partial charge in [0, 0.05) is 5.69 Å². The highest BCUT2D eigenvalue weighted by atomic mass is 16.4. The molecule has 1 unspecified atom stereocenters. The van der Waals surface area contributed by atoms with Crippen molar-refractivity contribution in [2.24, 2.45) is 0 Å². The number of rotatable bonds is 5. The molecular weight excluding hydrogens is 268 g/mol. The number of aromatic nitrogens is 1. The van der Waals surface area contributed by atoms with Crippen LogP contribution in [0.2, 0.25) is 0 Å². The number of anilines is 1. The molecule has 1 atom stereocenters. The summed E-state index contributed by atoms with van der Waals surface area (Å²) in [4.78, 5) is 15.7. The Kier molecular flexibility index (Phi) is 4.31. The maximum absolute atomic E-state index is 11.2. The minimum absolute atomic E-state index is 0.0877. The van der Waals surface area contributed by atoms with E-state index in [1.54, 1.807) is 12.1 Å². The van der Waals surface area contributed by atoms with Crippen LogP contribution < -0.4 is 5.32 Å². The molecule has 2 aromatic heterocycles. The van der Waals surface area contributed by atoms with Crippen LogP contribution in [0, 0.1) is 6.92 Å². The van der Waals surface area contributed by atoms with Crippen LogP contribution in [0.5, 0.6) is 0 Å². The molecule has 5 heteroatoms. The highest BCUT2D eigenvalue weighted by molar-refractivity contribution is 5.88. The Morgan fingerprint density at radius 2 is 2.00 bits per heavy atom. The van der Waals surface area contributed by atoms with Crippen molar-refractivity contribution in [3.63, 3.8) is 0 Å². The van der Waals surface area contributed by atoms with Crippen molar-refractivity contribution in [2.45, 2.75) is 39.7 Å². The minimum atomic E-state index is -0.955. The van der Waals surface area contributed by atoms with E-state index in [9.17, 15) is 9.90 Å². The molecule has 2 aromatic rings. The molecule has 0 radical (unpaired) electrons. The summed E-state index contributed by atoms with van der Waals surface area (Å²) in [6.07, 6.45) is 0. The van der Waals surface area contributed by atoms with E-state index in [-0.39, 0.29) is 17.5 Å². The lowest BCUT2D eigenvalue weighted by molar-refractivity contribution is 0.0696. The molecular formula is C16H20N2O3. The van der Waals surface area contributed by atoms with E-state index in [1.807, 2.05) is 39.8 Å². The Hall–Kier alpha value is -2.30. The maximum Gasteiger partial charge on any atom is 0.335 e. The number of hydrogen-bond acceptors (Lipinski definition) is 4. The molecule has 21 heavy (non-hydrogen) atoms. The summed E-state index contributed by atoms with van der Waals surface area (Å²) < 4.78 is 5.57. The fourth-order valence-corrected chi connectivity index (χ4v) is 2.02. The largest absolute Gasteiger partial charge is 0.478 e. The van der Waals surface area contributed by atoms with Gasteiger partial charge in [0.1, 0.15) is 17.3 Å². The standard InChI is InChI=1S/C16H20N2O3/c1-9(2)13-7-12(16(19)20)8-15(18-13)17-11(4)14-6-5-10(3)21-14/h5-9,11H,1-4H3,(H,17,18)(H,19,20). The lowest BCUT2D eigenvalue weighted by atomic mass is 10.1. The van der Waals surface area contributed by atoms with Crippen molar-refractivity contribution in [1.29, 1.82) is 0 Å². The number of nitrogens with one attached hydrogen (secondary N) is 1. The summed E-state index contributed by atoms with van der Waals surface area (Å²) in [6.45, 7) is 7.80. The van der Waals surface area contributed by atoms with Gasteiger partial charge in [-0.2, -0.15) is 0 Å². The van der Waals surface area contributed by atoms with Gasteiger partial charge in [-0.1, -0.05) is 13.8 Å². The van der Waals surface area contributed by atoms with E-state index >= 15 is 0 Å². The summed E-state index contributed by atoms with van der Waals surface area (Å²) in [6, 6.07) is 6.86. The van der Waals surface area contributed by atoms with Crippen molar-refractivity contribution in [1.82, 2.24) is 4.98 Å². The van der Waals surface area contributed by atoms with Crippen LogP contribution in [-0.2, 0) is 0 Å². The van der Waals surface area contributed by atoms with Crippen LogP contribution in [0.4, 0.5) is 5.82 Å². The van der Waals surface area contributed by atoms with Crippen LogP contribution in [0.25, 0.3) is 0 Å². The summed E-state index contributed by atoms with van der Waals surface area (Å²) in [5.41, 5.74) is 0.985. The zero-order valence-electron chi connectivity index (χ0n) is 12.7. The Labute approximate surface area is 124 Å². The number of carboxylic acid groups (broad SMARTS) is 1. The number of furan rings is 1. The smallest absolute Gasteiger partial charge is 0.335 e. The predicted molar refractivity (Wildman–Crippen MR) is 80.8 cm³/mol. The van der Waals surface area contributed by atoms with E-state index in [0.717, 1.165) is 17.2 Å². The van der Waals surface area contributed by atoms with Gasteiger partial charge in [-0.05, 0) is 44.0 Å². The number of carboxylic acids is 1. The maximum atomic E-state index is 11.2. The van der Waals surface area contributed by atoms with Crippen molar-refractivity contribution < 1.29 is 14.3 Å². The number of carbonyl (C=O) groups is 1. The summed E-state index contributed by atoms with van der Waals surface area (Å²) in [5.74, 6) is 1.38. The molecule has 0 aliphatic rings. The van der Waals surface area contributed by atoms with E-state index < -0.39 is 5.97 Å². The fourth-order valence-electron chi connectivity index (χ4n) is 2.02. The molecule has 112 valence electrons. The van der Waals surface area contributed by atoms with Gasteiger partial charge in [-0.25, -0.2) is 9.78 Å². The molecule has 5 nitrogen and oxygen atoms in total. The van der Waals surface area contributed by atoms with Crippen LogP contribution in [-0.4, -0.2) is 16.1 Å². The first-order chi connectivity index (χ1) is 9.86. The third kappa shape index (κ3) is 3.62. The first-order valence-corrected chi connectivity index (χ1v) is 6.95. The van der Waals surface area contributed by atoms with Crippen molar-refractivity contribution in [2.75, 3.05) is 5.32 Å². The number of hydrogen-bond donors (Lipinski definition) is 2. The van der Waals surface area contributed by atoms with Gasteiger partial charge in [0.25, 0.3) is 0 Å². The fraction of sp³-hybridized carbons (Fsp3) is 0.375. The zero-order chi connectivity index (χ0) is 15.6. The molecule has 2 heterocycles. The first kappa shape index (κ1) is 15.1. The van der Waals surface area contributed by atoms with Crippen LogP contribution in [0.15, 0.2) is 28.7 Å². The lowest BCUT2D eigenvalue weighted by Gasteiger charge is -2.15. The second-order valence-corrected chi connectivity index (χ2v) is 5.44. The Morgan fingerprint density at radius 1 is 1.29 bits per heavy atom. The van der Waals surface area contributed by atoms with E-state index in [4.69, 9.17) is 4.42 Å².